The van der Waals surface area contributed by atoms with Gasteiger partial charge in [-0.2, -0.15) is 13.2 Å². The molecule has 0 radical (unpaired) electrons. The Morgan fingerprint density at radius 3 is 2.78 bits per heavy atom. The third-order valence-corrected chi connectivity index (χ3v) is 2.76. The summed E-state index contributed by atoms with van der Waals surface area (Å²) in [5.41, 5.74) is 4.91. The van der Waals surface area contributed by atoms with Crippen molar-refractivity contribution in [3.8, 4) is 5.75 Å². The van der Waals surface area contributed by atoms with Gasteiger partial charge in [0.25, 0.3) is 0 Å². The van der Waals surface area contributed by atoms with E-state index in [1.165, 1.54) is 12.1 Å². The second-order valence-corrected chi connectivity index (χ2v) is 4.20. The van der Waals surface area contributed by atoms with Crippen LogP contribution in [0.25, 0.3) is 0 Å². The van der Waals surface area contributed by atoms with E-state index in [1.54, 1.807) is 0 Å². The molecule has 0 aliphatic carbocycles. The van der Waals surface area contributed by atoms with Crippen molar-refractivity contribution < 1.29 is 22.6 Å². The first-order valence-corrected chi connectivity index (χ1v) is 5.68. The maximum absolute atomic E-state index is 12.7. The third kappa shape index (κ3) is 3.07. The van der Waals surface area contributed by atoms with Gasteiger partial charge in [-0.05, 0) is 25.0 Å². The van der Waals surface area contributed by atoms with E-state index in [-0.39, 0.29) is 24.1 Å². The van der Waals surface area contributed by atoms with Crippen molar-refractivity contribution >= 4 is 5.69 Å². The highest BCUT2D eigenvalue weighted by Crippen LogP contribution is 2.37. The van der Waals surface area contributed by atoms with Crippen molar-refractivity contribution in [2.75, 3.05) is 18.9 Å². The van der Waals surface area contributed by atoms with Gasteiger partial charge in [-0.25, -0.2) is 0 Å². The fourth-order valence-electron chi connectivity index (χ4n) is 1.85. The molecule has 2 N–H and O–H groups in total. The van der Waals surface area contributed by atoms with Crippen LogP contribution in [-0.2, 0) is 10.9 Å². The highest BCUT2D eigenvalue weighted by Gasteiger charge is 2.34. The molecule has 0 amide bonds. The van der Waals surface area contributed by atoms with Crippen molar-refractivity contribution in [1.82, 2.24) is 0 Å². The molecule has 1 aromatic rings. The van der Waals surface area contributed by atoms with Gasteiger partial charge >= 0.3 is 6.18 Å². The predicted molar refractivity (Wildman–Crippen MR) is 60.3 cm³/mol. The highest BCUT2D eigenvalue weighted by molar-refractivity contribution is 5.49. The average molecular weight is 261 g/mol. The van der Waals surface area contributed by atoms with Gasteiger partial charge in [0.1, 0.15) is 12.4 Å². The molecule has 0 spiro atoms. The van der Waals surface area contributed by atoms with Crippen LogP contribution in [0.15, 0.2) is 18.2 Å². The number of halogens is 3. The summed E-state index contributed by atoms with van der Waals surface area (Å²) < 4.78 is 48.7. The molecule has 1 fully saturated rings. The van der Waals surface area contributed by atoms with Crippen molar-refractivity contribution in [2.45, 2.75) is 25.1 Å². The van der Waals surface area contributed by atoms with Crippen molar-refractivity contribution in [1.29, 1.82) is 0 Å². The van der Waals surface area contributed by atoms with Crippen LogP contribution < -0.4 is 10.5 Å². The number of rotatable bonds is 3. The Balaban J connectivity index is 2.12. The minimum Gasteiger partial charge on any atom is -0.490 e. The van der Waals surface area contributed by atoms with Gasteiger partial charge in [-0.15, -0.1) is 0 Å². The zero-order chi connectivity index (χ0) is 13.2. The van der Waals surface area contributed by atoms with Gasteiger partial charge < -0.3 is 15.2 Å². The number of nitrogen functional groups attached to an aromatic ring is 1. The molecule has 0 aromatic heterocycles. The third-order valence-electron chi connectivity index (χ3n) is 2.76. The Morgan fingerprint density at radius 1 is 1.39 bits per heavy atom. The Labute approximate surface area is 103 Å². The molecule has 0 saturated carbocycles. The Hall–Kier alpha value is -1.43. The number of nitrogens with two attached hydrogens (primary N) is 1. The number of benzene rings is 1. The van der Waals surface area contributed by atoms with E-state index in [4.69, 9.17) is 15.2 Å². The summed E-state index contributed by atoms with van der Waals surface area (Å²) in [5.74, 6) is -0.238. The summed E-state index contributed by atoms with van der Waals surface area (Å²) in [6, 6.07) is 3.33. The van der Waals surface area contributed by atoms with E-state index in [0.29, 0.717) is 6.61 Å². The number of hydrogen-bond donors (Lipinski definition) is 1. The van der Waals surface area contributed by atoms with E-state index in [1.807, 2.05) is 0 Å². The maximum atomic E-state index is 12.7. The second-order valence-electron chi connectivity index (χ2n) is 4.20. The van der Waals surface area contributed by atoms with Gasteiger partial charge in [0, 0.05) is 18.4 Å². The Morgan fingerprint density at radius 2 is 2.17 bits per heavy atom. The van der Waals surface area contributed by atoms with Crippen LogP contribution in [-0.4, -0.2) is 19.3 Å². The summed E-state index contributed by atoms with van der Waals surface area (Å²) in [6.07, 6.45) is -2.85. The normalized spacial score (nSPS) is 20.1. The molecule has 1 atom stereocenters. The monoisotopic (exact) mass is 261 g/mol. The van der Waals surface area contributed by atoms with E-state index in [0.717, 1.165) is 18.9 Å². The molecule has 0 bridgehead atoms. The SMILES string of the molecule is Nc1ccc(C(F)(F)F)c(OCC2CCCO2)c1. The maximum Gasteiger partial charge on any atom is 0.419 e. The van der Waals surface area contributed by atoms with Crippen LogP contribution >= 0.6 is 0 Å². The molecule has 6 heteroatoms. The lowest BCUT2D eigenvalue weighted by atomic mass is 10.1. The Kier molecular flexibility index (Phi) is 3.65. The number of anilines is 1. The van der Waals surface area contributed by atoms with Gasteiger partial charge in [-0.3, -0.25) is 0 Å². The molecule has 1 aliphatic rings. The van der Waals surface area contributed by atoms with E-state index < -0.39 is 11.7 Å². The zero-order valence-electron chi connectivity index (χ0n) is 9.67. The molecule has 3 nitrogen and oxygen atoms in total. The smallest absolute Gasteiger partial charge is 0.419 e. The van der Waals surface area contributed by atoms with Gasteiger partial charge in [0.2, 0.25) is 0 Å². The van der Waals surface area contributed by atoms with Crippen LogP contribution in [0.3, 0.4) is 0 Å². The van der Waals surface area contributed by atoms with Gasteiger partial charge in [0.05, 0.1) is 11.7 Å². The predicted octanol–water partition coefficient (Wildman–Crippen LogP) is 2.85. The van der Waals surface area contributed by atoms with Crippen LogP contribution in [0.2, 0.25) is 0 Å². The minimum atomic E-state index is -4.44. The van der Waals surface area contributed by atoms with Gasteiger partial charge in [0.15, 0.2) is 0 Å². The van der Waals surface area contributed by atoms with Crippen molar-refractivity contribution in [2.24, 2.45) is 0 Å². The topological polar surface area (TPSA) is 44.5 Å². The lowest BCUT2D eigenvalue weighted by Crippen LogP contribution is -2.18. The minimum absolute atomic E-state index is 0.118. The van der Waals surface area contributed by atoms with Crippen LogP contribution in [0.1, 0.15) is 18.4 Å². The first-order valence-electron chi connectivity index (χ1n) is 5.68. The molecule has 1 aromatic carbocycles. The summed E-state index contributed by atoms with van der Waals surface area (Å²) >= 11 is 0. The first-order chi connectivity index (χ1) is 8.47. The quantitative estimate of drug-likeness (QED) is 0.851. The second kappa shape index (κ2) is 5.06. The fourth-order valence-corrected chi connectivity index (χ4v) is 1.85. The van der Waals surface area contributed by atoms with Crippen molar-refractivity contribution in [3.05, 3.63) is 23.8 Å². The van der Waals surface area contributed by atoms with E-state index in [2.05, 4.69) is 0 Å². The van der Waals surface area contributed by atoms with Crippen LogP contribution in [0.4, 0.5) is 18.9 Å². The first kappa shape index (κ1) is 13.0. The van der Waals surface area contributed by atoms with Crippen LogP contribution in [0, 0.1) is 0 Å². The van der Waals surface area contributed by atoms with Gasteiger partial charge in [-0.1, -0.05) is 0 Å². The highest BCUT2D eigenvalue weighted by atomic mass is 19.4. The number of alkyl halides is 3. The van der Waals surface area contributed by atoms with Crippen molar-refractivity contribution in [3.63, 3.8) is 0 Å². The molecular formula is C12H14F3NO2. The molecule has 1 aliphatic heterocycles. The molecule has 18 heavy (non-hydrogen) atoms. The number of hydrogen-bond acceptors (Lipinski definition) is 3. The molecule has 1 heterocycles. The summed E-state index contributed by atoms with van der Waals surface area (Å²) in [5, 5.41) is 0. The molecular weight excluding hydrogens is 247 g/mol. The average Bonchev–Trinajstić information content (AvgIpc) is 2.77. The van der Waals surface area contributed by atoms with E-state index >= 15 is 0 Å². The van der Waals surface area contributed by atoms with Crippen LogP contribution in [0.5, 0.6) is 5.75 Å². The summed E-state index contributed by atoms with van der Waals surface area (Å²) in [7, 11) is 0. The fraction of sp³-hybridized carbons (Fsp3) is 0.500. The lowest BCUT2D eigenvalue weighted by Gasteiger charge is -2.16. The number of ether oxygens (including phenoxy) is 2. The Bertz CT molecular complexity index is 414. The lowest BCUT2D eigenvalue weighted by molar-refractivity contribution is -0.139. The summed E-state index contributed by atoms with van der Waals surface area (Å²) in [6.45, 7) is 0.754. The largest absolute Gasteiger partial charge is 0.490 e. The molecule has 2 rings (SSSR count). The standard InChI is InChI=1S/C12H14F3NO2/c13-12(14,15)10-4-3-8(16)6-11(10)18-7-9-2-1-5-17-9/h3-4,6,9H,1-2,5,7,16H2. The molecule has 1 unspecified atom stereocenters. The molecule has 1 saturated heterocycles. The zero-order valence-corrected chi connectivity index (χ0v) is 9.67. The molecule has 100 valence electrons. The van der Waals surface area contributed by atoms with E-state index in [9.17, 15) is 13.2 Å². The summed E-state index contributed by atoms with van der Waals surface area (Å²) in [4.78, 5) is 0.